The Kier molecular flexibility index (Phi) is 3.15. The number of benzene rings is 1. The molecule has 8 heteroatoms. The van der Waals surface area contributed by atoms with E-state index in [2.05, 4.69) is 8.91 Å². The van der Waals surface area contributed by atoms with E-state index in [-0.39, 0.29) is 6.61 Å². The van der Waals surface area contributed by atoms with Crippen LogP contribution in [-0.4, -0.2) is 46.2 Å². The minimum atomic E-state index is -3.82. The third kappa shape index (κ3) is 2.26. The maximum absolute atomic E-state index is 12.0. The van der Waals surface area contributed by atoms with Crippen molar-refractivity contribution in [1.29, 1.82) is 0 Å². The SMILES string of the molecule is CN(c1ccccc1)[C@H]1C(=O)O[C@@H]2COS(=O)(=O)N[C@@H]21. The fourth-order valence-electron chi connectivity index (χ4n) is 2.50. The van der Waals surface area contributed by atoms with Gasteiger partial charge < -0.3 is 9.64 Å². The largest absolute Gasteiger partial charge is 0.456 e. The minimum Gasteiger partial charge on any atom is -0.456 e. The first kappa shape index (κ1) is 13.3. The number of esters is 1. The molecule has 1 N–H and O–H groups in total. The van der Waals surface area contributed by atoms with Crippen LogP contribution in [0.3, 0.4) is 0 Å². The molecule has 7 nitrogen and oxygen atoms in total. The molecule has 0 amide bonds. The molecule has 0 aromatic heterocycles. The van der Waals surface area contributed by atoms with E-state index in [1.165, 1.54) is 0 Å². The lowest BCUT2D eigenvalue weighted by Gasteiger charge is -2.31. The van der Waals surface area contributed by atoms with Crippen molar-refractivity contribution >= 4 is 22.0 Å². The fourth-order valence-corrected chi connectivity index (χ4v) is 3.50. The third-order valence-electron chi connectivity index (χ3n) is 3.50. The second-order valence-electron chi connectivity index (χ2n) is 4.75. The molecule has 2 saturated heterocycles. The van der Waals surface area contributed by atoms with Gasteiger partial charge in [-0.2, -0.15) is 13.1 Å². The maximum atomic E-state index is 12.0. The standard InChI is InChI=1S/C12H14N2O5S/c1-14(8-5-3-2-4-6-8)11-10-9(19-12(11)15)7-18-20(16,17)13-10/h2-6,9-11,13H,7H2,1H3/t9-,10+,11-/m1/s1. The number of fused-ring (bicyclic) bond motifs is 1. The molecule has 2 heterocycles. The van der Waals surface area contributed by atoms with Gasteiger partial charge in [-0.3, -0.25) is 4.18 Å². The van der Waals surface area contributed by atoms with Crippen molar-refractivity contribution in [3.05, 3.63) is 30.3 Å². The number of hydrogen-bond donors (Lipinski definition) is 1. The van der Waals surface area contributed by atoms with Crippen molar-refractivity contribution in [3.63, 3.8) is 0 Å². The molecule has 2 fully saturated rings. The molecule has 3 rings (SSSR count). The average molecular weight is 298 g/mol. The fraction of sp³-hybridized carbons (Fsp3) is 0.417. The first-order valence-corrected chi connectivity index (χ1v) is 7.54. The predicted molar refractivity (Wildman–Crippen MR) is 70.3 cm³/mol. The molecule has 2 aliphatic heterocycles. The molecular weight excluding hydrogens is 284 g/mol. The van der Waals surface area contributed by atoms with Gasteiger partial charge in [0.2, 0.25) is 0 Å². The van der Waals surface area contributed by atoms with E-state index in [1.807, 2.05) is 30.3 Å². The number of nitrogens with zero attached hydrogens (tertiary/aromatic N) is 1. The summed E-state index contributed by atoms with van der Waals surface area (Å²) >= 11 is 0. The van der Waals surface area contributed by atoms with Crippen LogP contribution < -0.4 is 9.62 Å². The van der Waals surface area contributed by atoms with Crippen LogP contribution in [0.2, 0.25) is 0 Å². The number of hydrogen-bond acceptors (Lipinski definition) is 6. The zero-order valence-electron chi connectivity index (χ0n) is 10.7. The highest BCUT2D eigenvalue weighted by molar-refractivity contribution is 7.84. The molecule has 0 spiro atoms. The van der Waals surface area contributed by atoms with E-state index in [0.29, 0.717) is 0 Å². The molecule has 1 aromatic carbocycles. The smallest absolute Gasteiger partial charge is 0.336 e. The van der Waals surface area contributed by atoms with Gasteiger partial charge in [0.1, 0.15) is 18.8 Å². The summed E-state index contributed by atoms with van der Waals surface area (Å²) in [5, 5.41) is 0. The number of ether oxygens (including phenoxy) is 1. The quantitative estimate of drug-likeness (QED) is 0.751. The van der Waals surface area contributed by atoms with Gasteiger partial charge >= 0.3 is 16.3 Å². The average Bonchev–Trinajstić information content (AvgIpc) is 2.73. The second kappa shape index (κ2) is 4.72. The summed E-state index contributed by atoms with van der Waals surface area (Å²) in [6.07, 6.45) is -0.595. The topological polar surface area (TPSA) is 84.9 Å². The Morgan fingerprint density at radius 1 is 1.30 bits per heavy atom. The highest BCUT2D eigenvalue weighted by atomic mass is 32.2. The van der Waals surface area contributed by atoms with Gasteiger partial charge in [0.05, 0.1) is 6.04 Å². The molecular formula is C12H14N2O5S. The third-order valence-corrected chi connectivity index (χ3v) is 4.51. The summed E-state index contributed by atoms with van der Waals surface area (Å²) in [6, 6.07) is 7.88. The van der Waals surface area contributed by atoms with E-state index in [0.717, 1.165) is 5.69 Å². The van der Waals surface area contributed by atoms with E-state index < -0.39 is 34.5 Å². The highest BCUT2D eigenvalue weighted by Gasteiger charge is 2.51. The number of carbonyl (C=O) groups is 1. The molecule has 0 radical (unpaired) electrons. The van der Waals surface area contributed by atoms with E-state index in [9.17, 15) is 13.2 Å². The Morgan fingerprint density at radius 2 is 2.00 bits per heavy atom. The van der Waals surface area contributed by atoms with Crippen LogP contribution in [-0.2, 0) is 24.0 Å². The number of para-hydroxylation sites is 1. The number of rotatable bonds is 2. The first-order chi connectivity index (χ1) is 9.48. The van der Waals surface area contributed by atoms with Crippen LogP contribution in [0, 0.1) is 0 Å². The lowest BCUT2D eigenvalue weighted by Crippen LogP contribution is -2.57. The second-order valence-corrected chi connectivity index (χ2v) is 6.13. The molecule has 0 saturated carbocycles. The summed E-state index contributed by atoms with van der Waals surface area (Å²) in [5.74, 6) is -0.459. The lowest BCUT2D eigenvalue weighted by molar-refractivity contribution is -0.143. The molecule has 3 atom stereocenters. The van der Waals surface area contributed by atoms with Crippen molar-refractivity contribution in [2.75, 3.05) is 18.6 Å². The van der Waals surface area contributed by atoms with Crippen LogP contribution in [0.25, 0.3) is 0 Å². The van der Waals surface area contributed by atoms with Gasteiger partial charge in [-0.25, -0.2) is 4.79 Å². The number of nitrogens with one attached hydrogen (secondary N) is 1. The van der Waals surface area contributed by atoms with Crippen LogP contribution in [0.4, 0.5) is 5.69 Å². The predicted octanol–water partition coefficient (Wildman–Crippen LogP) is -0.350. The van der Waals surface area contributed by atoms with Crippen molar-refractivity contribution in [3.8, 4) is 0 Å². The molecule has 108 valence electrons. The maximum Gasteiger partial charge on any atom is 0.336 e. The normalized spacial score (nSPS) is 31.4. The first-order valence-electron chi connectivity index (χ1n) is 6.13. The summed E-state index contributed by atoms with van der Waals surface area (Å²) < 4.78 is 35.1. The van der Waals surface area contributed by atoms with Crippen molar-refractivity contribution in [1.82, 2.24) is 4.72 Å². The zero-order chi connectivity index (χ0) is 14.3. The molecule has 2 aliphatic rings. The lowest BCUT2D eigenvalue weighted by atomic mass is 10.1. The van der Waals surface area contributed by atoms with E-state index >= 15 is 0 Å². The van der Waals surface area contributed by atoms with Crippen molar-refractivity contribution in [2.24, 2.45) is 0 Å². The summed E-state index contributed by atoms with van der Waals surface area (Å²) in [6.45, 7) is -0.148. The van der Waals surface area contributed by atoms with Gasteiger partial charge in [-0.15, -0.1) is 0 Å². The minimum absolute atomic E-state index is 0.148. The van der Waals surface area contributed by atoms with E-state index in [1.54, 1.807) is 11.9 Å². The Morgan fingerprint density at radius 3 is 2.70 bits per heavy atom. The Balaban J connectivity index is 1.90. The number of likely N-dealkylation sites (N-methyl/N-ethyl adjacent to an activating group) is 1. The van der Waals surface area contributed by atoms with Gasteiger partial charge in [0.15, 0.2) is 0 Å². The summed E-state index contributed by atoms with van der Waals surface area (Å²) in [4.78, 5) is 13.7. The molecule has 0 bridgehead atoms. The van der Waals surface area contributed by atoms with Gasteiger partial charge in [-0.05, 0) is 12.1 Å². The summed E-state index contributed by atoms with van der Waals surface area (Å²) in [7, 11) is -2.09. The van der Waals surface area contributed by atoms with Crippen molar-refractivity contribution < 1.29 is 22.1 Å². The number of carbonyl (C=O) groups excluding carboxylic acids is 1. The zero-order valence-corrected chi connectivity index (χ0v) is 11.5. The van der Waals surface area contributed by atoms with Gasteiger partial charge in [0, 0.05) is 12.7 Å². The van der Waals surface area contributed by atoms with Gasteiger partial charge in [-0.1, -0.05) is 18.2 Å². The highest BCUT2D eigenvalue weighted by Crippen LogP contribution is 2.27. The summed E-state index contributed by atoms with van der Waals surface area (Å²) in [5.41, 5.74) is 0.806. The number of anilines is 1. The molecule has 0 unspecified atom stereocenters. The molecule has 20 heavy (non-hydrogen) atoms. The van der Waals surface area contributed by atoms with Crippen LogP contribution in [0.15, 0.2) is 30.3 Å². The van der Waals surface area contributed by atoms with Crippen LogP contribution in [0.5, 0.6) is 0 Å². The Hall–Kier alpha value is -1.64. The van der Waals surface area contributed by atoms with Crippen LogP contribution >= 0.6 is 0 Å². The van der Waals surface area contributed by atoms with Gasteiger partial charge in [0.25, 0.3) is 0 Å². The molecule has 1 aromatic rings. The monoisotopic (exact) mass is 298 g/mol. The molecule has 0 aliphatic carbocycles. The Labute approximate surface area is 116 Å². The van der Waals surface area contributed by atoms with E-state index in [4.69, 9.17) is 4.74 Å². The van der Waals surface area contributed by atoms with Crippen molar-refractivity contribution in [2.45, 2.75) is 18.2 Å². The Bertz CT molecular complexity index is 618. The van der Waals surface area contributed by atoms with Crippen LogP contribution in [0.1, 0.15) is 0 Å².